The van der Waals surface area contributed by atoms with Gasteiger partial charge < -0.3 is 10.1 Å². The predicted octanol–water partition coefficient (Wildman–Crippen LogP) is 0.600. The van der Waals surface area contributed by atoms with Gasteiger partial charge in [0, 0.05) is 6.61 Å². The van der Waals surface area contributed by atoms with Gasteiger partial charge >= 0.3 is 0 Å². The van der Waals surface area contributed by atoms with Crippen LogP contribution in [0, 0.1) is 0 Å². The lowest BCUT2D eigenvalue weighted by molar-refractivity contribution is -0.120. The van der Waals surface area contributed by atoms with Gasteiger partial charge in [-0.05, 0) is 20.3 Å². The minimum Gasteiger partial charge on any atom is -0.373 e. The van der Waals surface area contributed by atoms with Crippen LogP contribution < -0.4 is 5.32 Å². The lowest BCUT2D eigenvalue weighted by atomic mass is 9.99. The second-order valence-electron chi connectivity index (χ2n) is 3.52. The Balaban J connectivity index is 2.47. The molecule has 70 valence electrons. The molecular formula is C8H15NO2S. The summed E-state index contributed by atoms with van der Waals surface area (Å²) in [6, 6.07) is 0.136. The first kappa shape index (κ1) is 9.86. The Morgan fingerprint density at radius 1 is 1.75 bits per heavy atom. The number of nitrogens with one attached hydrogen (secondary N) is 1. The molecule has 1 saturated heterocycles. The van der Waals surface area contributed by atoms with Gasteiger partial charge in [0.05, 0.1) is 17.4 Å². The minimum atomic E-state index is -0.224. The molecule has 3 nitrogen and oxygen atoms in total. The summed E-state index contributed by atoms with van der Waals surface area (Å²) < 4.78 is 5.46. The highest BCUT2D eigenvalue weighted by molar-refractivity contribution is 7.81. The number of amides is 1. The van der Waals surface area contributed by atoms with Gasteiger partial charge in [0.1, 0.15) is 0 Å². The molecule has 1 unspecified atom stereocenters. The average molecular weight is 189 g/mol. The van der Waals surface area contributed by atoms with Crippen molar-refractivity contribution < 1.29 is 9.53 Å². The molecule has 1 aliphatic heterocycles. The molecule has 0 aromatic carbocycles. The van der Waals surface area contributed by atoms with Crippen LogP contribution in [0.1, 0.15) is 20.3 Å². The van der Waals surface area contributed by atoms with E-state index in [1.165, 1.54) is 0 Å². The van der Waals surface area contributed by atoms with Gasteiger partial charge in [0.15, 0.2) is 0 Å². The summed E-state index contributed by atoms with van der Waals surface area (Å²) >= 11 is 3.89. The number of carbonyl (C=O) groups excluding carboxylic acids is 1. The van der Waals surface area contributed by atoms with Crippen LogP contribution in [-0.2, 0) is 9.53 Å². The van der Waals surface area contributed by atoms with Gasteiger partial charge in [-0.15, -0.1) is 0 Å². The standard InChI is InChI=1S/C8H15NO2S/c1-8(2)6(3-4-11-8)9-7(10)5-12/h6,12H,3-5H2,1-2H3,(H,9,10). The summed E-state index contributed by atoms with van der Waals surface area (Å²) in [5.41, 5.74) is -0.224. The first-order valence-corrected chi connectivity index (χ1v) is 4.73. The van der Waals surface area contributed by atoms with Crippen molar-refractivity contribution in [3.63, 3.8) is 0 Å². The summed E-state index contributed by atoms with van der Waals surface area (Å²) in [5, 5.41) is 2.88. The Hall–Kier alpha value is -0.220. The fraction of sp³-hybridized carbons (Fsp3) is 0.875. The average Bonchev–Trinajstić information content (AvgIpc) is 2.31. The van der Waals surface area contributed by atoms with E-state index in [-0.39, 0.29) is 23.3 Å². The lowest BCUT2D eigenvalue weighted by Gasteiger charge is -2.26. The molecule has 1 amide bonds. The quantitative estimate of drug-likeness (QED) is 0.624. The fourth-order valence-corrected chi connectivity index (χ4v) is 1.47. The zero-order valence-electron chi connectivity index (χ0n) is 7.46. The maximum atomic E-state index is 11.0. The van der Waals surface area contributed by atoms with E-state index in [0.29, 0.717) is 0 Å². The maximum absolute atomic E-state index is 11.0. The molecular weight excluding hydrogens is 174 g/mol. The highest BCUT2D eigenvalue weighted by Gasteiger charge is 2.36. The van der Waals surface area contributed by atoms with Gasteiger partial charge in [-0.3, -0.25) is 4.79 Å². The minimum absolute atomic E-state index is 0.0260. The normalized spacial score (nSPS) is 27.1. The van der Waals surface area contributed by atoms with Crippen LogP contribution in [0.2, 0.25) is 0 Å². The molecule has 0 spiro atoms. The second kappa shape index (κ2) is 3.66. The highest BCUT2D eigenvalue weighted by atomic mass is 32.1. The molecule has 0 radical (unpaired) electrons. The van der Waals surface area contributed by atoms with E-state index >= 15 is 0 Å². The fourth-order valence-electron chi connectivity index (χ4n) is 1.37. The Bertz CT molecular complexity index is 182. The first-order chi connectivity index (χ1) is 5.56. The van der Waals surface area contributed by atoms with Gasteiger partial charge in [0.25, 0.3) is 0 Å². The van der Waals surface area contributed by atoms with Crippen molar-refractivity contribution in [3.05, 3.63) is 0 Å². The largest absolute Gasteiger partial charge is 0.373 e. The molecule has 1 rings (SSSR count). The number of ether oxygens (including phenoxy) is 1. The van der Waals surface area contributed by atoms with E-state index in [0.717, 1.165) is 13.0 Å². The van der Waals surface area contributed by atoms with Crippen LogP contribution in [0.5, 0.6) is 0 Å². The van der Waals surface area contributed by atoms with E-state index in [2.05, 4.69) is 17.9 Å². The maximum Gasteiger partial charge on any atom is 0.230 e. The summed E-state index contributed by atoms with van der Waals surface area (Å²) in [6.07, 6.45) is 0.895. The van der Waals surface area contributed by atoms with E-state index in [1.807, 2.05) is 13.8 Å². The Kier molecular flexibility index (Phi) is 3.01. The second-order valence-corrected chi connectivity index (χ2v) is 3.84. The Morgan fingerprint density at radius 3 is 2.83 bits per heavy atom. The third-order valence-corrected chi connectivity index (χ3v) is 2.49. The summed E-state index contributed by atoms with van der Waals surface area (Å²) in [7, 11) is 0. The zero-order valence-corrected chi connectivity index (χ0v) is 8.36. The van der Waals surface area contributed by atoms with Gasteiger partial charge in [-0.25, -0.2) is 0 Å². The molecule has 0 aliphatic carbocycles. The van der Waals surface area contributed by atoms with Crippen LogP contribution in [0.15, 0.2) is 0 Å². The highest BCUT2D eigenvalue weighted by Crippen LogP contribution is 2.24. The van der Waals surface area contributed by atoms with Crippen LogP contribution >= 0.6 is 12.6 Å². The number of hydrogen-bond donors (Lipinski definition) is 2. The number of rotatable bonds is 2. The van der Waals surface area contributed by atoms with Crippen LogP contribution in [0.4, 0.5) is 0 Å². The third kappa shape index (κ3) is 2.14. The molecule has 0 aromatic heterocycles. The number of hydrogen-bond acceptors (Lipinski definition) is 3. The van der Waals surface area contributed by atoms with Crippen molar-refractivity contribution in [1.82, 2.24) is 5.32 Å². The van der Waals surface area contributed by atoms with Gasteiger partial charge in [0.2, 0.25) is 5.91 Å². The molecule has 1 heterocycles. The zero-order chi connectivity index (χ0) is 9.19. The number of carbonyl (C=O) groups is 1. The van der Waals surface area contributed by atoms with Crippen molar-refractivity contribution in [3.8, 4) is 0 Å². The van der Waals surface area contributed by atoms with Gasteiger partial charge in [-0.1, -0.05) is 0 Å². The topological polar surface area (TPSA) is 38.3 Å². The smallest absolute Gasteiger partial charge is 0.230 e. The molecule has 0 saturated carbocycles. The summed E-state index contributed by atoms with van der Waals surface area (Å²) in [4.78, 5) is 11.0. The monoisotopic (exact) mass is 189 g/mol. The van der Waals surface area contributed by atoms with E-state index in [1.54, 1.807) is 0 Å². The molecule has 1 aliphatic rings. The van der Waals surface area contributed by atoms with Crippen LogP contribution in [-0.4, -0.2) is 29.9 Å². The summed E-state index contributed by atoms with van der Waals surface area (Å²) in [5.74, 6) is 0.217. The van der Waals surface area contributed by atoms with Gasteiger partial charge in [-0.2, -0.15) is 12.6 Å². The molecule has 0 bridgehead atoms. The molecule has 1 atom stereocenters. The SMILES string of the molecule is CC1(C)OCCC1NC(=O)CS. The molecule has 1 fully saturated rings. The summed E-state index contributed by atoms with van der Waals surface area (Å²) in [6.45, 7) is 4.71. The Morgan fingerprint density at radius 2 is 2.42 bits per heavy atom. The van der Waals surface area contributed by atoms with Crippen molar-refractivity contribution in [1.29, 1.82) is 0 Å². The van der Waals surface area contributed by atoms with E-state index in [9.17, 15) is 4.79 Å². The van der Waals surface area contributed by atoms with E-state index in [4.69, 9.17) is 4.74 Å². The van der Waals surface area contributed by atoms with Crippen molar-refractivity contribution in [2.75, 3.05) is 12.4 Å². The number of thiol groups is 1. The molecule has 12 heavy (non-hydrogen) atoms. The molecule has 1 N–H and O–H groups in total. The van der Waals surface area contributed by atoms with Crippen molar-refractivity contribution in [2.24, 2.45) is 0 Å². The third-order valence-electron chi connectivity index (χ3n) is 2.20. The van der Waals surface area contributed by atoms with Crippen molar-refractivity contribution >= 4 is 18.5 Å². The van der Waals surface area contributed by atoms with Crippen LogP contribution in [0.25, 0.3) is 0 Å². The molecule has 0 aromatic rings. The Labute approximate surface area is 78.3 Å². The van der Waals surface area contributed by atoms with E-state index < -0.39 is 0 Å². The van der Waals surface area contributed by atoms with Crippen LogP contribution in [0.3, 0.4) is 0 Å². The lowest BCUT2D eigenvalue weighted by Crippen LogP contribution is -2.46. The molecule has 4 heteroatoms. The predicted molar refractivity (Wildman–Crippen MR) is 50.4 cm³/mol. The van der Waals surface area contributed by atoms with Crippen molar-refractivity contribution in [2.45, 2.75) is 31.9 Å². The first-order valence-electron chi connectivity index (χ1n) is 4.10.